The van der Waals surface area contributed by atoms with Crippen molar-refractivity contribution in [1.29, 1.82) is 0 Å². The minimum atomic E-state index is -0.388. The molecule has 0 unspecified atom stereocenters. The third-order valence-corrected chi connectivity index (χ3v) is 4.02. The van der Waals surface area contributed by atoms with E-state index in [-0.39, 0.29) is 11.9 Å². The molecule has 1 aromatic heterocycles. The van der Waals surface area contributed by atoms with Gasteiger partial charge in [0.05, 0.1) is 23.0 Å². The van der Waals surface area contributed by atoms with Gasteiger partial charge in [-0.2, -0.15) is 5.10 Å². The Morgan fingerprint density at radius 2 is 1.85 bits per heavy atom. The van der Waals surface area contributed by atoms with Crippen LogP contribution in [0.4, 0.5) is 4.39 Å². The number of nitrogens with zero attached hydrogens (tertiary/aromatic N) is 2. The van der Waals surface area contributed by atoms with Crippen molar-refractivity contribution in [3.63, 3.8) is 0 Å². The quantitative estimate of drug-likeness (QED) is 0.684. The zero-order valence-electron chi connectivity index (χ0n) is 14.9. The number of quaternary nitrogens is 1. The zero-order valence-corrected chi connectivity index (χ0v) is 14.9. The highest BCUT2D eigenvalue weighted by molar-refractivity contribution is 5.42. The van der Waals surface area contributed by atoms with Gasteiger partial charge in [0.1, 0.15) is 24.7 Å². The van der Waals surface area contributed by atoms with E-state index in [1.165, 1.54) is 12.1 Å². The Bertz CT molecular complexity index is 845. The lowest BCUT2D eigenvalue weighted by molar-refractivity contribution is -0.676. The Morgan fingerprint density at radius 1 is 1.15 bits per heavy atom. The summed E-state index contributed by atoms with van der Waals surface area (Å²) in [6.45, 7) is 4.90. The second kappa shape index (κ2) is 8.12. The molecule has 0 aliphatic heterocycles. The van der Waals surface area contributed by atoms with Crippen LogP contribution in [-0.2, 0) is 6.54 Å². The van der Waals surface area contributed by atoms with Gasteiger partial charge in [-0.25, -0.2) is 9.07 Å². The minimum Gasteiger partial charge on any atom is -0.438 e. The highest BCUT2D eigenvalue weighted by atomic mass is 19.1. The number of rotatable bonds is 7. The van der Waals surface area contributed by atoms with Crippen LogP contribution in [0.3, 0.4) is 0 Å². The summed E-state index contributed by atoms with van der Waals surface area (Å²) in [4.78, 5) is 0. The Morgan fingerprint density at radius 3 is 2.50 bits per heavy atom. The average Bonchev–Trinajstić information content (AvgIpc) is 2.93. The van der Waals surface area contributed by atoms with Gasteiger partial charge in [0, 0.05) is 0 Å². The first-order valence-electron chi connectivity index (χ1n) is 8.61. The summed E-state index contributed by atoms with van der Waals surface area (Å²) in [6, 6.07) is 15.6. The minimum absolute atomic E-state index is 0.310. The molecule has 0 fully saturated rings. The molecule has 0 saturated carbocycles. The van der Waals surface area contributed by atoms with Gasteiger partial charge in [0.25, 0.3) is 0 Å². The van der Waals surface area contributed by atoms with Crippen molar-refractivity contribution >= 4 is 0 Å². The number of ether oxygens (including phenoxy) is 1. The molecule has 26 heavy (non-hydrogen) atoms. The molecule has 3 aromatic rings. The van der Waals surface area contributed by atoms with Gasteiger partial charge >= 0.3 is 0 Å². The second-order valence-corrected chi connectivity index (χ2v) is 6.25. The monoisotopic (exact) mass is 356 g/mol. The summed E-state index contributed by atoms with van der Waals surface area (Å²) in [5.41, 5.74) is 2.68. The fourth-order valence-electron chi connectivity index (χ4n) is 2.71. The van der Waals surface area contributed by atoms with Crippen molar-refractivity contribution in [1.82, 2.24) is 9.78 Å². The van der Waals surface area contributed by atoms with Crippen molar-refractivity contribution in [3.8, 4) is 17.3 Å². The largest absolute Gasteiger partial charge is 0.438 e. The molecule has 0 radical (unpaired) electrons. The molecule has 0 amide bonds. The smallest absolute Gasteiger partial charge is 0.231 e. The summed E-state index contributed by atoms with van der Waals surface area (Å²) < 4.78 is 21.0. The molecule has 0 bridgehead atoms. The maximum absolute atomic E-state index is 13.2. The molecule has 5 nitrogen and oxygen atoms in total. The fraction of sp³-hybridized carbons (Fsp3) is 0.250. The molecule has 6 heteroatoms. The highest BCUT2D eigenvalue weighted by Crippen LogP contribution is 2.30. The van der Waals surface area contributed by atoms with Crippen LogP contribution >= 0.6 is 0 Å². The van der Waals surface area contributed by atoms with Crippen LogP contribution in [0.1, 0.15) is 18.2 Å². The van der Waals surface area contributed by atoms with Crippen LogP contribution in [0.15, 0.2) is 54.6 Å². The second-order valence-electron chi connectivity index (χ2n) is 6.25. The van der Waals surface area contributed by atoms with Crippen LogP contribution in [0, 0.1) is 12.7 Å². The molecule has 136 valence electrons. The van der Waals surface area contributed by atoms with Crippen LogP contribution < -0.4 is 10.1 Å². The zero-order chi connectivity index (χ0) is 18.5. The van der Waals surface area contributed by atoms with E-state index in [1.807, 2.05) is 42.6 Å². The molecule has 0 spiro atoms. The van der Waals surface area contributed by atoms with Gasteiger partial charge in [-0.15, -0.1) is 0 Å². The van der Waals surface area contributed by atoms with E-state index < -0.39 is 0 Å². The van der Waals surface area contributed by atoms with Crippen LogP contribution in [0.5, 0.6) is 11.6 Å². The first-order valence-corrected chi connectivity index (χ1v) is 8.61. The van der Waals surface area contributed by atoms with Crippen LogP contribution in [0.2, 0.25) is 0 Å². The van der Waals surface area contributed by atoms with Gasteiger partial charge in [0.2, 0.25) is 5.88 Å². The topological polar surface area (TPSA) is 63.9 Å². The van der Waals surface area contributed by atoms with Gasteiger partial charge < -0.3 is 15.2 Å². The summed E-state index contributed by atoms with van der Waals surface area (Å²) in [5, 5.41) is 16.1. The fourth-order valence-corrected chi connectivity index (χ4v) is 2.71. The maximum Gasteiger partial charge on any atom is 0.231 e. The number of halogens is 1. The number of hydrogen-bond acceptors (Lipinski definition) is 3. The number of nitrogens with two attached hydrogens (primary N) is 1. The number of benzene rings is 2. The standard InChI is InChI=1S/C20H22FN3O2/c1-14(25)12-22-13-19-15(2)23-24(17-6-4-3-5-7-17)20(19)26-18-10-8-16(21)9-11-18/h3-11,14,22,25H,12-13H2,1-2H3/p+1/t14-/m0/s1. The van der Waals surface area contributed by atoms with Crippen molar-refractivity contribution in [2.75, 3.05) is 6.54 Å². The molecule has 2 aromatic carbocycles. The van der Waals surface area contributed by atoms with E-state index in [1.54, 1.807) is 23.7 Å². The van der Waals surface area contributed by atoms with Crippen molar-refractivity contribution < 1.29 is 19.6 Å². The molecule has 0 aliphatic carbocycles. The number of para-hydroxylation sites is 1. The summed E-state index contributed by atoms with van der Waals surface area (Å²) >= 11 is 0. The Kier molecular flexibility index (Phi) is 5.65. The average molecular weight is 356 g/mol. The molecule has 0 aliphatic rings. The van der Waals surface area contributed by atoms with E-state index in [4.69, 9.17) is 4.74 Å². The Balaban J connectivity index is 1.97. The maximum atomic E-state index is 13.2. The predicted octanol–water partition coefficient (Wildman–Crippen LogP) is 2.56. The SMILES string of the molecule is Cc1nn(-c2ccccc2)c(Oc2ccc(F)cc2)c1C[NH2+]C[C@H](C)O. The first-order chi connectivity index (χ1) is 12.5. The molecule has 3 N–H and O–H groups in total. The van der Waals surface area contributed by atoms with Gasteiger partial charge in [-0.1, -0.05) is 18.2 Å². The van der Waals surface area contributed by atoms with E-state index in [0.29, 0.717) is 24.7 Å². The van der Waals surface area contributed by atoms with Gasteiger partial charge in [0.15, 0.2) is 0 Å². The van der Waals surface area contributed by atoms with Crippen LogP contribution in [-0.4, -0.2) is 27.5 Å². The molecule has 1 atom stereocenters. The van der Waals surface area contributed by atoms with Crippen LogP contribution in [0.25, 0.3) is 5.69 Å². The molecule has 1 heterocycles. The van der Waals surface area contributed by atoms with Crippen molar-refractivity contribution in [2.45, 2.75) is 26.5 Å². The predicted molar refractivity (Wildman–Crippen MR) is 97.0 cm³/mol. The lowest BCUT2D eigenvalue weighted by Crippen LogP contribution is -2.84. The summed E-state index contributed by atoms with van der Waals surface area (Å²) in [7, 11) is 0. The molecular formula is C20H23FN3O2+. The lowest BCUT2D eigenvalue weighted by atomic mass is 10.2. The number of aliphatic hydroxyl groups excluding tert-OH is 1. The summed E-state index contributed by atoms with van der Waals surface area (Å²) in [6.07, 6.45) is -0.388. The lowest BCUT2D eigenvalue weighted by Gasteiger charge is -2.11. The van der Waals surface area contributed by atoms with Crippen molar-refractivity contribution in [3.05, 3.63) is 71.7 Å². The number of aryl methyl sites for hydroxylation is 1. The first kappa shape index (κ1) is 18.1. The molecule has 3 rings (SSSR count). The third-order valence-electron chi connectivity index (χ3n) is 4.02. The summed E-state index contributed by atoms with van der Waals surface area (Å²) in [5.74, 6) is 0.831. The third kappa shape index (κ3) is 4.28. The van der Waals surface area contributed by atoms with Gasteiger partial charge in [-0.05, 0) is 50.2 Å². The highest BCUT2D eigenvalue weighted by Gasteiger charge is 2.20. The van der Waals surface area contributed by atoms with E-state index in [9.17, 15) is 9.50 Å². The number of aromatic nitrogens is 2. The van der Waals surface area contributed by atoms with E-state index >= 15 is 0 Å². The van der Waals surface area contributed by atoms with E-state index in [0.717, 1.165) is 16.9 Å². The molecule has 0 saturated heterocycles. The van der Waals surface area contributed by atoms with Crippen molar-refractivity contribution in [2.24, 2.45) is 0 Å². The van der Waals surface area contributed by atoms with Gasteiger partial charge in [-0.3, -0.25) is 0 Å². The number of hydrogen-bond donors (Lipinski definition) is 2. The normalized spacial score (nSPS) is 12.2. The Hall–Kier alpha value is -2.70. The number of aliphatic hydroxyl groups is 1. The Labute approximate surface area is 152 Å². The molecular weight excluding hydrogens is 333 g/mol. The van der Waals surface area contributed by atoms with E-state index in [2.05, 4.69) is 5.10 Å².